The Morgan fingerprint density at radius 2 is 1.50 bits per heavy atom. The van der Waals surface area contributed by atoms with E-state index in [0.717, 1.165) is 25.7 Å². The van der Waals surface area contributed by atoms with Crippen LogP contribution >= 0.6 is 0 Å². The molecule has 7 nitrogen and oxygen atoms in total. The summed E-state index contributed by atoms with van der Waals surface area (Å²) in [7, 11) is 1.61. The van der Waals surface area contributed by atoms with Gasteiger partial charge in [-0.15, -0.1) is 0 Å². The number of methoxy groups -OCH3 is 1. The molecule has 1 heterocycles. The Morgan fingerprint density at radius 1 is 0.958 bits per heavy atom. The minimum atomic E-state index is 0.0143. The van der Waals surface area contributed by atoms with E-state index in [9.17, 15) is 14.4 Å². The number of amides is 3. The zero-order chi connectivity index (χ0) is 17.5. The molecule has 136 valence electrons. The van der Waals surface area contributed by atoms with Crippen molar-refractivity contribution >= 4 is 17.7 Å². The van der Waals surface area contributed by atoms with Crippen LogP contribution in [0.5, 0.6) is 0 Å². The molecule has 1 aliphatic heterocycles. The Hall–Kier alpha value is -1.63. The summed E-state index contributed by atoms with van der Waals surface area (Å²) >= 11 is 0. The molecule has 1 saturated carbocycles. The molecule has 1 saturated heterocycles. The molecule has 2 rings (SSSR count). The Labute approximate surface area is 143 Å². The molecule has 0 bridgehead atoms. The van der Waals surface area contributed by atoms with Crippen molar-refractivity contribution in [2.45, 2.75) is 32.6 Å². The van der Waals surface area contributed by atoms with E-state index in [0.29, 0.717) is 39.3 Å². The highest BCUT2D eigenvalue weighted by Gasteiger charge is 2.33. The number of piperazine rings is 1. The molecule has 0 atom stereocenters. The van der Waals surface area contributed by atoms with E-state index in [1.807, 2.05) is 4.90 Å². The van der Waals surface area contributed by atoms with Crippen LogP contribution in [0.1, 0.15) is 32.6 Å². The van der Waals surface area contributed by atoms with Crippen LogP contribution in [0, 0.1) is 11.8 Å². The summed E-state index contributed by atoms with van der Waals surface area (Å²) in [5.41, 5.74) is 0. The molecule has 0 aromatic rings. The predicted molar refractivity (Wildman–Crippen MR) is 89.2 cm³/mol. The van der Waals surface area contributed by atoms with Crippen LogP contribution in [-0.4, -0.2) is 74.0 Å². The molecule has 1 aliphatic carbocycles. The average molecular weight is 339 g/mol. The lowest BCUT2D eigenvalue weighted by atomic mass is 9.81. The van der Waals surface area contributed by atoms with Crippen molar-refractivity contribution in [1.82, 2.24) is 15.1 Å². The fourth-order valence-electron chi connectivity index (χ4n) is 3.52. The molecule has 0 unspecified atom stereocenters. The van der Waals surface area contributed by atoms with Gasteiger partial charge in [-0.25, -0.2) is 0 Å². The van der Waals surface area contributed by atoms with Gasteiger partial charge in [-0.05, 0) is 25.7 Å². The van der Waals surface area contributed by atoms with Gasteiger partial charge in [0.15, 0.2) is 0 Å². The predicted octanol–water partition coefficient (Wildman–Crippen LogP) is 0.246. The third-order valence-electron chi connectivity index (χ3n) is 5.09. The molecular formula is C17H29N3O4. The maximum atomic E-state index is 12.6. The number of rotatable bonds is 5. The second-order valence-electron chi connectivity index (χ2n) is 6.66. The van der Waals surface area contributed by atoms with Gasteiger partial charge >= 0.3 is 0 Å². The normalized spacial score (nSPS) is 24.6. The Morgan fingerprint density at radius 3 is 2.04 bits per heavy atom. The maximum Gasteiger partial charge on any atom is 0.225 e. The Bertz CT molecular complexity index is 453. The molecule has 1 N–H and O–H groups in total. The Kier molecular flexibility index (Phi) is 7.02. The van der Waals surface area contributed by atoms with Gasteiger partial charge < -0.3 is 19.9 Å². The number of hydrogen-bond acceptors (Lipinski definition) is 4. The van der Waals surface area contributed by atoms with E-state index in [2.05, 4.69) is 5.32 Å². The fourth-order valence-corrected chi connectivity index (χ4v) is 3.52. The van der Waals surface area contributed by atoms with Gasteiger partial charge in [0.1, 0.15) is 0 Å². The van der Waals surface area contributed by atoms with Crippen molar-refractivity contribution < 1.29 is 19.1 Å². The summed E-state index contributed by atoms with van der Waals surface area (Å²) in [4.78, 5) is 39.7. The highest BCUT2D eigenvalue weighted by Crippen LogP contribution is 2.30. The number of ether oxygens (including phenoxy) is 1. The third kappa shape index (κ3) is 4.93. The minimum Gasteiger partial charge on any atom is -0.383 e. The first-order valence-corrected chi connectivity index (χ1v) is 8.84. The van der Waals surface area contributed by atoms with Crippen LogP contribution in [0.2, 0.25) is 0 Å². The van der Waals surface area contributed by atoms with Gasteiger partial charge in [0, 0.05) is 58.6 Å². The van der Waals surface area contributed by atoms with E-state index in [4.69, 9.17) is 4.74 Å². The van der Waals surface area contributed by atoms with Gasteiger partial charge in [0.25, 0.3) is 0 Å². The minimum absolute atomic E-state index is 0.0143. The molecule has 0 aromatic heterocycles. The first kappa shape index (κ1) is 18.7. The topological polar surface area (TPSA) is 79.0 Å². The maximum absolute atomic E-state index is 12.6. The largest absolute Gasteiger partial charge is 0.383 e. The third-order valence-corrected chi connectivity index (χ3v) is 5.09. The first-order valence-electron chi connectivity index (χ1n) is 8.84. The van der Waals surface area contributed by atoms with Crippen molar-refractivity contribution in [3.05, 3.63) is 0 Å². The summed E-state index contributed by atoms with van der Waals surface area (Å²) in [6.07, 6.45) is 3.08. The lowest BCUT2D eigenvalue weighted by molar-refractivity contribution is -0.143. The summed E-state index contributed by atoms with van der Waals surface area (Å²) < 4.78 is 4.93. The SMILES string of the molecule is COCCNC(=O)C1CCC(C(=O)N2CCN(C(C)=O)CC2)CC1. The first-order chi connectivity index (χ1) is 11.5. The summed E-state index contributed by atoms with van der Waals surface area (Å²) in [5, 5.41) is 2.88. The van der Waals surface area contributed by atoms with Crippen molar-refractivity contribution in [2.75, 3.05) is 46.4 Å². The zero-order valence-corrected chi connectivity index (χ0v) is 14.8. The molecule has 0 spiro atoms. The van der Waals surface area contributed by atoms with Crippen molar-refractivity contribution in [2.24, 2.45) is 11.8 Å². The van der Waals surface area contributed by atoms with Crippen LogP contribution in [0.3, 0.4) is 0 Å². The number of carbonyl (C=O) groups is 3. The molecule has 2 aliphatic rings. The number of nitrogens with one attached hydrogen (secondary N) is 1. The number of hydrogen-bond donors (Lipinski definition) is 1. The van der Waals surface area contributed by atoms with Crippen LogP contribution in [0.25, 0.3) is 0 Å². The van der Waals surface area contributed by atoms with Crippen molar-refractivity contribution in [3.8, 4) is 0 Å². The Balaban J connectivity index is 1.73. The summed E-state index contributed by atoms with van der Waals surface area (Å²) in [6, 6.07) is 0. The van der Waals surface area contributed by atoms with Gasteiger partial charge in [0.05, 0.1) is 6.61 Å². The second-order valence-corrected chi connectivity index (χ2v) is 6.66. The second kappa shape index (κ2) is 9.01. The van der Waals surface area contributed by atoms with Gasteiger partial charge in [-0.2, -0.15) is 0 Å². The standard InChI is InChI=1S/C17H29N3O4/c1-13(21)19-8-10-20(11-9-19)17(23)15-5-3-14(4-6-15)16(22)18-7-12-24-2/h14-15H,3-12H2,1-2H3,(H,18,22). The molecule has 3 amide bonds. The van der Waals surface area contributed by atoms with E-state index < -0.39 is 0 Å². The highest BCUT2D eigenvalue weighted by molar-refractivity contribution is 5.81. The van der Waals surface area contributed by atoms with Gasteiger partial charge in [-0.3, -0.25) is 14.4 Å². The molecule has 7 heteroatoms. The van der Waals surface area contributed by atoms with Crippen LogP contribution in [-0.2, 0) is 19.1 Å². The monoisotopic (exact) mass is 339 g/mol. The number of carbonyl (C=O) groups excluding carboxylic acids is 3. The van der Waals surface area contributed by atoms with E-state index in [-0.39, 0.29) is 29.6 Å². The molecule has 24 heavy (non-hydrogen) atoms. The number of nitrogens with zero attached hydrogens (tertiary/aromatic N) is 2. The molecule has 0 radical (unpaired) electrons. The van der Waals surface area contributed by atoms with Gasteiger partial charge in [0.2, 0.25) is 17.7 Å². The van der Waals surface area contributed by atoms with Crippen LogP contribution in [0.4, 0.5) is 0 Å². The van der Waals surface area contributed by atoms with Crippen molar-refractivity contribution in [3.63, 3.8) is 0 Å². The molecular weight excluding hydrogens is 310 g/mol. The fraction of sp³-hybridized carbons (Fsp3) is 0.824. The van der Waals surface area contributed by atoms with E-state index in [1.54, 1.807) is 18.9 Å². The van der Waals surface area contributed by atoms with Gasteiger partial charge in [-0.1, -0.05) is 0 Å². The lowest BCUT2D eigenvalue weighted by Gasteiger charge is -2.37. The quantitative estimate of drug-likeness (QED) is 0.728. The smallest absolute Gasteiger partial charge is 0.225 e. The van der Waals surface area contributed by atoms with Crippen LogP contribution < -0.4 is 5.32 Å². The van der Waals surface area contributed by atoms with Crippen molar-refractivity contribution in [1.29, 1.82) is 0 Å². The highest BCUT2D eigenvalue weighted by atomic mass is 16.5. The molecule has 0 aromatic carbocycles. The molecule has 2 fully saturated rings. The average Bonchev–Trinajstić information content (AvgIpc) is 2.61. The summed E-state index contributed by atoms with van der Waals surface area (Å²) in [6.45, 7) is 5.11. The zero-order valence-electron chi connectivity index (χ0n) is 14.8. The lowest BCUT2D eigenvalue weighted by Crippen LogP contribution is -2.51. The van der Waals surface area contributed by atoms with Crippen LogP contribution in [0.15, 0.2) is 0 Å². The van der Waals surface area contributed by atoms with E-state index in [1.165, 1.54) is 0 Å². The summed E-state index contributed by atoms with van der Waals surface area (Å²) in [5.74, 6) is 0.379. The van der Waals surface area contributed by atoms with E-state index >= 15 is 0 Å².